The lowest BCUT2D eigenvalue weighted by Gasteiger charge is -2.11. The van der Waals surface area contributed by atoms with Crippen molar-refractivity contribution < 1.29 is 0 Å². The van der Waals surface area contributed by atoms with Gasteiger partial charge in [-0.15, -0.1) is 0 Å². The quantitative estimate of drug-likeness (QED) is 0.316. The number of H-pyrrole nitrogens is 1. The van der Waals surface area contributed by atoms with E-state index in [1.807, 2.05) is 18.2 Å². The highest BCUT2D eigenvalue weighted by molar-refractivity contribution is 6.43. The molecule has 3 aromatic carbocycles. The fraction of sp³-hybridized carbons (Fsp3) is 0.100. The first-order chi connectivity index (χ1) is 13.0. The van der Waals surface area contributed by atoms with Crippen LogP contribution in [0.4, 0.5) is 11.4 Å². The number of benzene rings is 3. The van der Waals surface area contributed by atoms with Gasteiger partial charge in [0.1, 0.15) is 0 Å². The lowest BCUT2D eigenvalue weighted by Crippen LogP contribution is -2.04. The molecular weight excluding hydrogens is 424 g/mol. The van der Waals surface area contributed by atoms with E-state index in [0.717, 1.165) is 45.2 Å². The Morgan fingerprint density at radius 3 is 2.26 bits per heavy atom. The van der Waals surface area contributed by atoms with Crippen LogP contribution in [-0.4, -0.2) is 11.5 Å². The van der Waals surface area contributed by atoms with Gasteiger partial charge in [0.25, 0.3) is 0 Å². The number of hydrogen-bond donors (Lipinski definition) is 3. The molecule has 27 heavy (non-hydrogen) atoms. The van der Waals surface area contributed by atoms with Crippen molar-refractivity contribution in [2.45, 2.75) is 6.42 Å². The predicted octanol–water partition coefficient (Wildman–Crippen LogP) is 7.18. The van der Waals surface area contributed by atoms with Crippen LogP contribution in [0, 0.1) is 0 Å². The van der Waals surface area contributed by atoms with Crippen LogP contribution in [0.2, 0.25) is 20.1 Å². The van der Waals surface area contributed by atoms with Crippen LogP contribution in [0.5, 0.6) is 0 Å². The Morgan fingerprint density at radius 1 is 0.778 bits per heavy atom. The Morgan fingerprint density at radius 2 is 1.52 bits per heavy atom. The van der Waals surface area contributed by atoms with Crippen LogP contribution in [-0.2, 0) is 6.42 Å². The lowest BCUT2D eigenvalue weighted by atomic mass is 10.0. The van der Waals surface area contributed by atoms with E-state index in [-0.39, 0.29) is 0 Å². The molecule has 0 bridgehead atoms. The zero-order valence-electron chi connectivity index (χ0n) is 14.0. The number of fused-ring (bicyclic) bond motifs is 3. The molecule has 1 aromatic heterocycles. The molecule has 0 radical (unpaired) electrons. The molecule has 0 saturated heterocycles. The summed E-state index contributed by atoms with van der Waals surface area (Å²) < 4.78 is 0. The van der Waals surface area contributed by atoms with E-state index in [9.17, 15) is 0 Å². The molecule has 0 saturated carbocycles. The summed E-state index contributed by atoms with van der Waals surface area (Å²) in [5.41, 5.74) is 10.7. The number of halogens is 4. The van der Waals surface area contributed by atoms with Gasteiger partial charge in [-0.1, -0.05) is 46.4 Å². The van der Waals surface area contributed by atoms with E-state index in [0.29, 0.717) is 26.6 Å². The molecule has 7 heteroatoms. The molecule has 3 nitrogen and oxygen atoms in total. The van der Waals surface area contributed by atoms with E-state index in [1.165, 1.54) is 0 Å². The molecule has 0 amide bonds. The van der Waals surface area contributed by atoms with Gasteiger partial charge in [0, 0.05) is 33.2 Å². The first-order valence-electron chi connectivity index (χ1n) is 8.32. The lowest BCUT2D eigenvalue weighted by molar-refractivity contribution is 0.975. The number of aromatic amines is 1. The van der Waals surface area contributed by atoms with Gasteiger partial charge in [0.15, 0.2) is 0 Å². The molecule has 4 rings (SSSR count). The van der Waals surface area contributed by atoms with Gasteiger partial charge in [-0.3, -0.25) is 0 Å². The summed E-state index contributed by atoms with van der Waals surface area (Å²) >= 11 is 24.5. The zero-order valence-corrected chi connectivity index (χ0v) is 17.1. The molecule has 0 aliphatic heterocycles. The average Bonchev–Trinajstić information content (AvgIpc) is 2.97. The number of anilines is 2. The third kappa shape index (κ3) is 3.58. The fourth-order valence-electron chi connectivity index (χ4n) is 3.24. The summed E-state index contributed by atoms with van der Waals surface area (Å²) in [4.78, 5) is 3.44. The highest BCUT2D eigenvalue weighted by Gasteiger charge is 2.13. The highest BCUT2D eigenvalue weighted by Crippen LogP contribution is 2.36. The Labute approximate surface area is 176 Å². The third-order valence-electron chi connectivity index (χ3n) is 4.45. The van der Waals surface area contributed by atoms with E-state index >= 15 is 0 Å². The number of nitrogens with one attached hydrogen (secondary N) is 2. The summed E-state index contributed by atoms with van der Waals surface area (Å²) in [5, 5.41) is 7.51. The molecule has 0 spiro atoms. The minimum Gasteiger partial charge on any atom is -0.355 e. The summed E-state index contributed by atoms with van der Waals surface area (Å²) in [7, 11) is 0. The van der Waals surface area contributed by atoms with Crippen LogP contribution in [0.25, 0.3) is 21.8 Å². The topological polar surface area (TPSA) is 53.8 Å². The van der Waals surface area contributed by atoms with Crippen LogP contribution in [0.1, 0.15) is 5.56 Å². The van der Waals surface area contributed by atoms with Crippen molar-refractivity contribution in [2.75, 3.05) is 11.9 Å². The summed E-state index contributed by atoms with van der Waals surface area (Å²) in [6.45, 7) is 0.544. The van der Waals surface area contributed by atoms with Crippen molar-refractivity contribution in [1.29, 1.82) is 0 Å². The van der Waals surface area contributed by atoms with Crippen molar-refractivity contribution in [1.82, 2.24) is 4.98 Å². The molecular formula is C20H15Cl4N3. The van der Waals surface area contributed by atoms with Gasteiger partial charge in [-0.2, -0.15) is 0 Å². The second-order valence-electron chi connectivity index (χ2n) is 6.29. The molecule has 0 fully saturated rings. The van der Waals surface area contributed by atoms with Crippen molar-refractivity contribution in [3.63, 3.8) is 0 Å². The van der Waals surface area contributed by atoms with Crippen LogP contribution in [0.15, 0.2) is 42.5 Å². The molecule has 4 aromatic rings. The number of aromatic nitrogens is 1. The molecule has 0 unspecified atom stereocenters. The number of nitrogens with two attached hydrogens (primary N) is 1. The monoisotopic (exact) mass is 437 g/mol. The van der Waals surface area contributed by atoms with Gasteiger partial charge in [0.05, 0.1) is 20.1 Å². The average molecular weight is 439 g/mol. The Balaban J connectivity index is 1.89. The van der Waals surface area contributed by atoms with Gasteiger partial charge in [-0.05, 0) is 61.0 Å². The van der Waals surface area contributed by atoms with Crippen LogP contribution >= 0.6 is 46.4 Å². The van der Waals surface area contributed by atoms with Crippen molar-refractivity contribution in [3.8, 4) is 0 Å². The smallest absolute Gasteiger partial charge is 0.0613 e. The Hall–Kier alpha value is -1.62. The summed E-state index contributed by atoms with van der Waals surface area (Å²) in [6.07, 6.45) is 0.738. The Bertz CT molecular complexity index is 1170. The van der Waals surface area contributed by atoms with E-state index in [2.05, 4.69) is 22.4 Å². The Kier molecular flexibility index (Phi) is 5.15. The first-order valence-corrected chi connectivity index (χ1v) is 9.83. The normalized spacial score (nSPS) is 11.4. The van der Waals surface area contributed by atoms with Crippen molar-refractivity contribution in [2.24, 2.45) is 5.73 Å². The predicted molar refractivity (Wildman–Crippen MR) is 118 cm³/mol. The number of hydrogen-bond acceptors (Lipinski definition) is 2. The van der Waals surface area contributed by atoms with Gasteiger partial charge in [-0.25, -0.2) is 0 Å². The standard InChI is InChI=1S/C20H15Cl4N3/c21-15-2-1-11(7-16(15)22)26-12-5-10(3-4-25)20-14(6-12)13-8-17(23)18(24)9-19(13)27-20/h1-2,5-9,26-27H,3-4,25H2. The number of rotatable bonds is 4. The highest BCUT2D eigenvalue weighted by atomic mass is 35.5. The van der Waals surface area contributed by atoms with Crippen molar-refractivity contribution >= 4 is 79.6 Å². The van der Waals surface area contributed by atoms with Gasteiger partial charge < -0.3 is 16.0 Å². The maximum absolute atomic E-state index is 6.24. The van der Waals surface area contributed by atoms with E-state index in [4.69, 9.17) is 52.1 Å². The van der Waals surface area contributed by atoms with Crippen molar-refractivity contribution in [3.05, 3.63) is 68.1 Å². The van der Waals surface area contributed by atoms with E-state index in [1.54, 1.807) is 12.1 Å². The maximum atomic E-state index is 6.24. The summed E-state index contributed by atoms with van der Waals surface area (Å²) in [5.74, 6) is 0. The van der Waals surface area contributed by atoms with Gasteiger partial charge >= 0.3 is 0 Å². The minimum absolute atomic E-state index is 0.499. The molecule has 0 aliphatic rings. The second-order valence-corrected chi connectivity index (χ2v) is 7.92. The second kappa shape index (κ2) is 7.42. The van der Waals surface area contributed by atoms with Crippen LogP contribution < -0.4 is 11.1 Å². The molecule has 4 N–H and O–H groups in total. The first kappa shape index (κ1) is 18.7. The largest absolute Gasteiger partial charge is 0.355 e. The maximum Gasteiger partial charge on any atom is 0.0613 e. The van der Waals surface area contributed by atoms with Crippen LogP contribution in [0.3, 0.4) is 0 Å². The minimum atomic E-state index is 0.499. The molecule has 0 atom stereocenters. The zero-order chi connectivity index (χ0) is 19.1. The molecule has 1 heterocycles. The third-order valence-corrected chi connectivity index (χ3v) is 5.91. The molecule has 138 valence electrons. The summed E-state index contributed by atoms with van der Waals surface area (Å²) in [6, 6.07) is 13.3. The van der Waals surface area contributed by atoms with Gasteiger partial charge in [0.2, 0.25) is 0 Å². The molecule has 0 aliphatic carbocycles. The SMILES string of the molecule is NCCc1cc(Nc2ccc(Cl)c(Cl)c2)cc2c1[nH]c1cc(Cl)c(Cl)cc12. The fourth-order valence-corrected chi connectivity index (χ4v) is 3.86. The van der Waals surface area contributed by atoms with E-state index < -0.39 is 0 Å².